The minimum atomic E-state index is -1.26. The molecule has 1 aromatic rings. The average molecular weight is 546 g/mol. The minimum absolute atomic E-state index is 0.558. The molecule has 0 bridgehead atoms. The number of carboxylic acid groups (broad SMARTS) is 4. The maximum atomic E-state index is 9.55. The molecule has 0 aromatic heterocycles. The molecule has 1 aromatic carbocycles. The van der Waals surface area contributed by atoms with Crippen LogP contribution in [0.25, 0.3) is 0 Å². The van der Waals surface area contributed by atoms with E-state index in [4.69, 9.17) is 30.4 Å². The van der Waals surface area contributed by atoms with Gasteiger partial charge in [-0.2, -0.15) is 5.26 Å². The first kappa shape index (κ1) is 32.8. The summed E-state index contributed by atoms with van der Waals surface area (Å²) in [5.41, 5.74) is 0.680. The van der Waals surface area contributed by atoms with Gasteiger partial charge in [-0.05, 0) is 63.0 Å². The topological polar surface area (TPSA) is 189 Å². The summed E-state index contributed by atoms with van der Waals surface area (Å²) < 4.78 is 5.74. The number of piperazine rings is 1. The normalized spacial score (nSPS) is 17.1. The van der Waals surface area contributed by atoms with Crippen LogP contribution in [0.2, 0.25) is 0 Å². The first-order valence-electron chi connectivity index (χ1n) is 12.5. The second-order valence-corrected chi connectivity index (χ2v) is 8.70. The molecule has 2 fully saturated rings. The Morgan fingerprint density at radius 3 is 1.92 bits per heavy atom. The van der Waals surface area contributed by atoms with Crippen LogP contribution in [0.15, 0.2) is 48.6 Å². The average Bonchev–Trinajstić information content (AvgIpc) is 2.91. The fourth-order valence-corrected chi connectivity index (χ4v) is 3.96. The summed E-state index contributed by atoms with van der Waals surface area (Å²) in [5, 5.41) is 40.0. The molecule has 2 saturated heterocycles. The van der Waals surface area contributed by atoms with Gasteiger partial charge >= 0.3 is 23.9 Å². The van der Waals surface area contributed by atoms with Crippen molar-refractivity contribution in [2.24, 2.45) is 0 Å². The fraction of sp³-hybridized carbons (Fsp3) is 0.444. The van der Waals surface area contributed by atoms with Crippen LogP contribution < -0.4 is 4.74 Å². The van der Waals surface area contributed by atoms with Crippen molar-refractivity contribution in [1.29, 1.82) is 5.26 Å². The highest BCUT2D eigenvalue weighted by atomic mass is 16.5. The van der Waals surface area contributed by atoms with Crippen molar-refractivity contribution in [2.75, 3.05) is 39.3 Å². The van der Waals surface area contributed by atoms with E-state index in [0.717, 1.165) is 24.8 Å². The van der Waals surface area contributed by atoms with Crippen molar-refractivity contribution < 1.29 is 44.3 Å². The van der Waals surface area contributed by atoms with Crippen LogP contribution in [0.1, 0.15) is 37.7 Å². The molecule has 2 heterocycles. The lowest BCUT2D eigenvalue weighted by Gasteiger charge is -2.44. The standard InChI is InChI=1S/C19H27N3O.2C4H4O4/c20-15-17-6-8-19(9-7-17)23-14-4-3-10-21-12-13-22-11-2-1-5-18(22)16-21;2*5-3(6)1-2-4(7)8/h6-9,18H,1-5,10-14,16H2;2*1-2H,(H,5,6)(H,7,8)/b;2*2-1+. The number of unbranched alkanes of at least 4 members (excludes halogenated alkanes) is 1. The van der Waals surface area contributed by atoms with Gasteiger partial charge in [-0.1, -0.05) is 6.42 Å². The van der Waals surface area contributed by atoms with Gasteiger partial charge in [-0.3, -0.25) is 4.90 Å². The van der Waals surface area contributed by atoms with E-state index in [-0.39, 0.29) is 0 Å². The lowest BCUT2D eigenvalue weighted by Crippen LogP contribution is -2.54. The van der Waals surface area contributed by atoms with Gasteiger partial charge in [0.25, 0.3) is 0 Å². The molecule has 4 N–H and O–H groups in total. The third-order valence-electron chi connectivity index (χ3n) is 5.78. The summed E-state index contributed by atoms with van der Waals surface area (Å²) in [4.78, 5) is 43.5. The Labute approximate surface area is 227 Å². The molecule has 1 atom stereocenters. The number of hydrogen-bond donors (Lipinski definition) is 4. The summed E-state index contributed by atoms with van der Waals surface area (Å²) >= 11 is 0. The monoisotopic (exact) mass is 545 g/mol. The van der Waals surface area contributed by atoms with Gasteiger partial charge in [0, 0.05) is 50.0 Å². The third kappa shape index (κ3) is 16.3. The van der Waals surface area contributed by atoms with Crippen molar-refractivity contribution in [2.45, 2.75) is 38.1 Å². The summed E-state index contributed by atoms with van der Waals surface area (Å²) in [5.74, 6) is -4.17. The molecular weight excluding hydrogens is 510 g/mol. The fourth-order valence-electron chi connectivity index (χ4n) is 3.96. The Bertz CT molecular complexity index is 966. The van der Waals surface area contributed by atoms with Crippen molar-refractivity contribution >= 4 is 23.9 Å². The smallest absolute Gasteiger partial charge is 0.328 e. The Morgan fingerprint density at radius 1 is 0.846 bits per heavy atom. The molecule has 0 saturated carbocycles. The zero-order valence-corrected chi connectivity index (χ0v) is 21.6. The maximum Gasteiger partial charge on any atom is 0.328 e. The van der Waals surface area contributed by atoms with Crippen molar-refractivity contribution in [3.63, 3.8) is 0 Å². The first-order chi connectivity index (χ1) is 18.6. The van der Waals surface area contributed by atoms with E-state index in [1.54, 1.807) is 12.1 Å². The van der Waals surface area contributed by atoms with Crippen molar-refractivity contribution in [3.8, 4) is 11.8 Å². The summed E-state index contributed by atoms with van der Waals surface area (Å²) in [6.07, 6.45) is 8.71. The molecule has 3 rings (SSSR count). The van der Waals surface area contributed by atoms with Crippen LogP contribution in [0.3, 0.4) is 0 Å². The highest BCUT2D eigenvalue weighted by molar-refractivity contribution is 5.90. The number of nitrogens with zero attached hydrogens (tertiary/aromatic N) is 3. The number of carboxylic acids is 4. The Hall–Kier alpha value is -4.21. The van der Waals surface area contributed by atoms with E-state index in [9.17, 15) is 19.2 Å². The SMILES string of the molecule is N#Cc1ccc(OCCCCN2CCN3CCCCC3C2)cc1.O=C(O)/C=C/C(=O)O.O=C(O)/C=C/C(=O)O. The van der Waals surface area contributed by atoms with E-state index < -0.39 is 23.9 Å². The molecule has 0 aliphatic carbocycles. The van der Waals surface area contributed by atoms with Crippen LogP contribution in [0, 0.1) is 11.3 Å². The van der Waals surface area contributed by atoms with Crippen LogP contribution >= 0.6 is 0 Å². The lowest BCUT2D eigenvalue weighted by molar-refractivity contribution is -0.134. The number of ether oxygens (including phenoxy) is 1. The van der Waals surface area contributed by atoms with Gasteiger partial charge in [-0.15, -0.1) is 0 Å². The number of aliphatic carboxylic acids is 4. The molecular formula is C27H35N3O9. The van der Waals surface area contributed by atoms with E-state index in [0.29, 0.717) is 29.9 Å². The van der Waals surface area contributed by atoms with Gasteiger partial charge in [0.2, 0.25) is 0 Å². The largest absolute Gasteiger partial charge is 0.494 e. The van der Waals surface area contributed by atoms with Crippen molar-refractivity contribution in [1.82, 2.24) is 9.80 Å². The molecule has 2 aliphatic rings. The van der Waals surface area contributed by atoms with E-state index in [2.05, 4.69) is 15.9 Å². The first-order valence-corrected chi connectivity index (χ1v) is 12.5. The minimum Gasteiger partial charge on any atom is -0.494 e. The molecule has 0 radical (unpaired) electrons. The maximum absolute atomic E-state index is 9.55. The molecule has 0 amide bonds. The second-order valence-electron chi connectivity index (χ2n) is 8.70. The predicted molar refractivity (Wildman–Crippen MR) is 140 cm³/mol. The van der Waals surface area contributed by atoms with Crippen LogP contribution in [-0.2, 0) is 19.2 Å². The number of carbonyl (C=O) groups is 4. The molecule has 2 aliphatic heterocycles. The van der Waals surface area contributed by atoms with Crippen molar-refractivity contribution in [3.05, 3.63) is 54.1 Å². The molecule has 39 heavy (non-hydrogen) atoms. The van der Waals surface area contributed by atoms with Crippen LogP contribution in [0.4, 0.5) is 0 Å². The van der Waals surface area contributed by atoms with Gasteiger partial charge < -0.3 is 30.1 Å². The number of nitriles is 1. The van der Waals surface area contributed by atoms with Gasteiger partial charge in [0.05, 0.1) is 18.2 Å². The molecule has 12 heteroatoms. The number of benzene rings is 1. The van der Waals surface area contributed by atoms with Gasteiger partial charge in [0.1, 0.15) is 5.75 Å². The van der Waals surface area contributed by atoms with Crippen LogP contribution in [0.5, 0.6) is 5.75 Å². The van der Waals surface area contributed by atoms with E-state index in [1.165, 1.54) is 58.4 Å². The van der Waals surface area contributed by atoms with Crippen LogP contribution in [-0.4, -0.2) is 99.5 Å². The summed E-state index contributed by atoms with van der Waals surface area (Å²) in [7, 11) is 0. The molecule has 1 unspecified atom stereocenters. The zero-order valence-electron chi connectivity index (χ0n) is 21.6. The third-order valence-corrected chi connectivity index (χ3v) is 5.78. The molecule has 12 nitrogen and oxygen atoms in total. The highest BCUT2D eigenvalue weighted by Crippen LogP contribution is 2.21. The molecule has 212 valence electrons. The number of hydrogen-bond acceptors (Lipinski definition) is 8. The van der Waals surface area contributed by atoms with E-state index in [1.807, 2.05) is 12.1 Å². The zero-order chi connectivity index (χ0) is 29.0. The number of piperidine rings is 1. The van der Waals surface area contributed by atoms with E-state index >= 15 is 0 Å². The predicted octanol–water partition coefficient (Wildman–Crippen LogP) is 2.31. The lowest BCUT2D eigenvalue weighted by atomic mass is 9.99. The number of fused-ring (bicyclic) bond motifs is 1. The van der Waals surface area contributed by atoms with Gasteiger partial charge in [0.15, 0.2) is 0 Å². The van der Waals surface area contributed by atoms with Gasteiger partial charge in [-0.25, -0.2) is 19.2 Å². The Kier molecular flexibility index (Phi) is 15.9. The highest BCUT2D eigenvalue weighted by Gasteiger charge is 2.28. The summed E-state index contributed by atoms with van der Waals surface area (Å²) in [6, 6.07) is 10.3. The summed E-state index contributed by atoms with van der Waals surface area (Å²) in [6.45, 7) is 7.02. The quantitative estimate of drug-likeness (QED) is 0.248. The Morgan fingerprint density at radius 2 is 1.41 bits per heavy atom. The number of rotatable bonds is 10. The second kappa shape index (κ2) is 18.9. The Balaban J connectivity index is 0.000000393. The molecule has 0 spiro atoms.